The first-order valence-corrected chi connectivity index (χ1v) is 11.9. The molecule has 1 N–H and O–H groups in total. The summed E-state index contributed by atoms with van der Waals surface area (Å²) >= 11 is 18.3. The smallest absolute Gasteiger partial charge is 0.311 e. The van der Waals surface area contributed by atoms with Crippen molar-refractivity contribution in [1.29, 1.82) is 0 Å². The predicted molar refractivity (Wildman–Crippen MR) is 139 cm³/mol. The molecule has 0 radical (unpaired) electrons. The molecule has 5 aromatic rings. The van der Waals surface area contributed by atoms with E-state index in [9.17, 15) is 4.79 Å². The van der Waals surface area contributed by atoms with Gasteiger partial charge >= 0.3 is 5.97 Å². The lowest BCUT2D eigenvalue weighted by molar-refractivity contribution is -0.134. The monoisotopic (exact) mass is 508 g/mol. The lowest BCUT2D eigenvalue weighted by atomic mass is 10.0. The maximum absolute atomic E-state index is 12.4. The number of nitrogens with zero attached hydrogens (tertiary/aromatic N) is 1. The number of carbonyl (C=O) groups is 1. The van der Waals surface area contributed by atoms with E-state index in [1.165, 1.54) is 0 Å². The molecule has 0 aliphatic carbocycles. The summed E-state index contributed by atoms with van der Waals surface area (Å²) in [5, 5.41) is 3.54. The molecule has 0 aliphatic heterocycles. The van der Waals surface area contributed by atoms with Gasteiger partial charge in [0.1, 0.15) is 5.75 Å². The Morgan fingerprint density at radius 1 is 0.912 bits per heavy atom. The fourth-order valence-corrected chi connectivity index (χ4v) is 4.66. The summed E-state index contributed by atoms with van der Waals surface area (Å²) in [6.45, 7) is 0. The van der Waals surface area contributed by atoms with Gasteiger partial charge in [-0.3, -0.25) is 4.79 Å². The van der Waals surface area contributed by atoms with E-state index >= 15 is 0 Å². The van der Waals surface area contributed by atoms with Crippen LogP contribution >= 0.6 is 34.8 Å². The molecule has 0 aliphatic rings. The summed E-state index contributed by atoms with van der Waals surface area (Å²) in [5.74, 6) is -0.0523. The van der Waals surface area contributed by atoms with Crippen molar-refractivity contribution < 1.29 is 9.53 Å². The van der Waals surface area contributed by atoms with Gasteiger partial charge in [0.05, 0.1) is 21.9 Å². The third-order valence-corrected chi connectivity index (χ3v) is 6.41. The molecule has 4 nitrogen and oxygen atoms in total. The average molecular weight is 510 g/mol. The van der Waals surface area contributed by atoms with Crippen molar-refractivity contribution in [3.8, 4) is 17.1 Å². The van der Waals surface area contributed by atoms with Crippen LogP contribution in [0.5, 0.6) is 5.75 Å². The van der Waals surface area contributed by atoms with Crippen molar-refractivity contribution in [2.24, 2.45) is 0 Å². The van der Waals surface area contributed by atoms with Crippen LogP contribution in [0.25, 0.3) is 33.2 Å². The van der Waals surface area contributed by atoms with Gasteiger partial charge in [-0.15, -0.1) is 0 Å². The maximum Gasteiger partial charge on any atom is 0.311 e. The van der Waals surface area contributed by atoms with Crippen LogP contribution in [0, 0.1) is 0 Å². The number of pyridine rings is 1. The zero-order valence-corrected chi connectivity index (χ0v) is 20.2. The minimum atomic E-state index is -0.354. The number of nitrogens with one attached hydrogen (secondary N) is 1. The number of ether oxygens (including phenoxy) is 1. The number of fused-ring (bicyclic) bond motifs is 2. The van der Waals surface area contributed by atoms with E-state index in [2.05, 4.69) is 11.1 Å². The van der Waals surface area contributed by atoms with Crippen LogP contribution < -0.4 is 4.74 Å². The Bertz CT molecular complexity index is 1530. The van der Waals surface area contributed by atoms with Gasteiger partial charge in [-0.2, -0.15) is 0 Å². The van der Waals surface area contributed by atoms with Gasteiger partial charge < -0.3 is 9.72 Å². The van der Waals surface area contributed by atoms with Gasteiger partial charge in [0, 0.05) is 32.8 Å². The minimum absolute atomic E-state index is 0.233. The quantitative estimate of drug-likeness (QED) is 0.185. The number of hydrogen-bond donors (Lipinski definition) is 1. The highest BCUT2D eigenvalue weighted by molar-refractivity contribution is 6.35. The molecule has 0 atom stereocenters. The number of hydrogen-bond acceptors (Lipinski definition) is 3. The fourth-order valence-electron chi connectivity index (χ4n) is 4.04. The van der Waals surface area contributed by atoms with E-state index in [0.29, 0.717) is 33.7 Å². The number of para-hydroxylation sites is 1. The number of aryl methyl sites for hydroxylation is 1. The van der Waals surface area contributed by atoms with E-state index in [1.807, 2.05) is 48.5 Å². The summed E-state index contributed by atoms with van der Waals surface area (Å²) in [6, 6.07) is 22.6. The molecule has 0 saturated carbocycles. The predicted octanol–water partition coefficient (Wildman–Crippen LogP) is 8.27. The summed E-state index contributed by atoms with van der Waals surface area (Å²) < 4.78 is 5.42. The number of H-pyrrole nitrogens is 1. The first-order chi connectivity index (χ1) is 16.5. The molecule has 0 amide bonds. The zero-order chi connectivity index (χ0) is 23.7. The molecule has 0 saturated heterocycles. The molecule has 170 valence electrons. The van der Waals surface area contributed by atoms with Gasteiger partial charge in [-0.25, -0.2) is 4.98 Å². The average Bonchev–Trinajstić information content (AvgIpc) is 3.18. The number of esters is 1. The van der Waals surface area contributed by atoms with Crippen LogP contribution in [0.4, 0.5) is 0 Å². The Morgan fingerprint density at radius 2 is 1.71 bits per heavy atom. The third-order valence-electron chi connectivity index (χ3n) is 5.65. The molecular formula is C27H19Cl3N2O2. The zero-order valence-electron chi connectivity index (χ0n) is 17.9. The number of rotatable bonds is 6. The molecular weight excluding hydrogens is 491 g/mol. The van der Waals surface area contributed by atoms with E-state index < -0.39 is 0 Å². The lowest BCUT2D eigenvalue weighted by Crippen LogP contribution is -2.08. The lowest BCUT2D eigenvalue weighted by Gasteiger charge is -2.08. The maximum atomic E-state index is 12.4. The molecule has 0 unspecified atom stereocenters. The minimum Gasteiger partial charge on any atom is -0.425 e. The Hall–Kier alpha value is -3.05. The van der Waals surface area contributed by atoms with Crippen molar-refractivity contribution >= 4 is 62.6 Å². The summed E-state index contributed by atoms with van der Waals surface area (Å²) in [6.07, 6.45) is 1.47. The molecule has 34 heavy (non-hydrogen) atoms. The van der Waals surface area contributed by atoms with Gasteiger partial charge in [0.15, 0.2) is 0 Å². The van der Waals surface area contributed by atoms with Crippen LogP contribution in [0.1, 0.15) is 18.4 Å². The Morgan fingerprint density at radius 3 is 2.56 bits per heavy atom. The third kappa shape index (κ3) is 4.76. The van der Waals surface area contributed by atoms with Gasteiger partial charge in [-0.1, -0.05) is 59.1 Å². The summed E-state index contributed by atoms with van der Waals surface area (Å²) in [5.41, 5.74) is 4.73. The van der Waals surface area contributed by atoms with E-state index in [0.717, 1.165) is 38.8 Å². The topological polar surface area (TPSA) is 55.0 Å². The first-order valence-electron chi connectivity index (χ1n) is 10.8. The van der Waals surface area contributed by atoms with E-state index in [-0.39, 0.29) is 12.4 Å². The summed E-state index contributed by atoms with van der Waals surface area (Å²) in [7, 11) is 0. The molecule has 7 heteroatoms. The van der Waals surface area contributed by atoms with Crippen molar-refractivity contribution in [2.75, 3.05) is 0 Å². The van der Waals surface area contributed by atoms with Gasteiger partial charge in [0.25, 0.3) is 0 Å². The number of halogens is 3. The van der Waals surface area contributed by atoms with Crippen molar-refractivity contribution in [3.05, 3.63) is 93.4 Å². The normalized spacial score (nSPS) is 11.3. The Balaban J connectivity index is 1.40. The van der Waals surface area contributed by atoms with Crippen LogP contribution in [0.3, 0.4) is 0 Å². The van der Waals surface area contributed by atoms with E-state index in [4.69, 9.17) is 44.5 Å². The largest absolute Gasteiger partial charge is 0.425 e. The van der Waals surface area contributed by atoms with Crippen molar-refractivity contribution in [3.63, 3.8) is 0 Å². The van der Waals surface area contributed by atoms with Gasteiger partial charge in [0.2, 0.25) is 0 Å². The molecule has 5 rings (SSSR count). The molecule has 2 heterocycles. The van der Waals surface area contributed by atoms with Crippen molar-refractivity contribution in [2.45, 2.75) is 19.3 Å². The highest BCUT2D eigenvalue weighted by Crippen LogP contribution is 2.33. The molecule has 0 fully saturated rings. The number of benzene rings is 3. The van der Waals surface area contributed by atoms with Crippen LogP contribution in [-0.2, 0) is 11.2 Å². The first kappa shape index (κ1) is 22.7. The second-order valence-electron chi connectivity index (χ2n) is 7.96. The van der Waals surface area contributed by atoms with Crippen molar-refractivity contribution in [1.82, 2.24) is 9.97 Å². The molecule has 0 spiro atoms. The molecule has 3 aromatic carbocycles. The second-order valence-corrected chi connectivity index (χ2v) is 9.24. The molecule has 2 aromatic heterocycles. The standard InChI is InChI=1S/C27H19Cl3N2O2/c28-17-9-12-23-20(14-17)19(5-3-7-26(33)34-25-13-10-18(29)15-21(25)30)27(32-23)24-11-8-16-4-1-2-6-22(16)31-24/h1-2,4,6,8-15,32H,3,5,7H2. The SMILES string of the molecule is O=C(CCCc1c(-c2ccc3ccccc3n2)[nH]c2ccc(Cl)cc12)Oc1ccc(Cl)cc1Cl. The highest BCUT2D eigenvalue weighted by Gasteiger charge is 2.16. The van der Waals surface area contributed by atoms with Crippen LogP contribution in [-0.4, -0.2) is 15.9 Å². The Labute approximate surface area is 211 Å². The highest BCUT2D eigenvalue weighted by atomic mass is 35.5. The number of carbonyl (C=O) groups excluding carboxylic acids is 1. The Kier molecular flexibility index (Phi) is 6.46. The van der Waals surface area contributed by atoms with E-state index in [1.54, 1.807) is 18.2 Å². The van der Waals surface area contributed by atoms with Crippen LogP contribution in [0.15, 0.2) is 72.8 Å². The fraction of sp³-hybridized carbons (Fsp3) is 0.111. The number of aromatic amines is 1. The number of aromatic nitrogens is 2. The molecule has 0 bridgehead atoms. The van der Waals surface area contributed by atoms with Crippen LogP contribution in [0.2, 0.25) is 15.1 Å². The summed E-state index contributed by atoms with van der Waals surface area (Å²) in [4.78, 5) is 20.8. The second kappa shape index (κ2) is 9.67. The van der Waals surface area contributed by atoms with Gasteiger partial charge in [-0.05, 0) is 66.9 Å².